The molecule has 0 bridgehead atoms. The lowest BCUT2D eigenvalue weighted by Gasteiger charge is -2.35. The van der Waals surface area contributed by atoms with Crippen LogP contribution in [0.3, 0.4) is 0 Å². The molecule has 158 valence electrons. The molecule has 0 radical (unpaired) electrons. The van der Waals surface area contributed by atoms with Crippen molar-refractivity contribution in [3.05, 3.63) is 87.6 Å². The monoisotopic (exact) mass is 431 g/mol. The summed E-state index contributed by atoms with van der Waals surface area (Å²) >= 11 is 1.79. The summed E-state index contributed by atoms with van der Waals surface area (Å²) in [5.41, 5.74) is 3.56. The first-order valence-corrected chi connectivity index (χ1v) is 11.6. The van der Waals surface area contributed by atoms with Gasteiger partial charge in [0.25, 0.3) is 5.91 Å². The van der Waals surface area contributed by atoms with Crippen LogP contribution in [0.15, 0.2) is 66.0 Å². The van der Waals surface area contributed by atoms with E-state index in [1.807, 2.05) is 30.3 Å². The third kappa shape index (κ3) is 4.40. The lowest BCUT2D eigenvalue weighted by Crippen LogP contribution is -2.40. The minimum Gasteiger partial charge on any atom is -0.349 e. The van der Waals surface area contributed by atoms with Gasteiger partial charge in [0.1, 0.15) is 0 Å². The van der Waals surface area contributed by atoms with E-state index in [9.17, 15) is 9.59 Å². The molecule has 1 saturated carbocycles. The fourth-order valence-corrected chi connectivity index (χ4v) is 5.12. The van der Waals surface area contributed by atoms with Crippen molar-refractivity contribution in [1.82, 2.24) is 10.2 Å². The van der Waals surface area contributed by atoms with Gasteiger partial charge in [-0.25, -0.2) is 0 Å². The Balaban J connectivity index is 1.34. The van der Waals surface area contributed by atoms with E-state index < -0.39 is 0 Å². The molecule has 0 spiro atoms. The van der Waals surface area contributed by atoms with Crippen LogP contribution in [0.4, 0.5) is 5.69 Å². The second kappa shape index (κ2) is 8.65. The molecule has 1 fully saturated rings. The molecule has 0 saturated heterocycles. The molecule has 31 heavy (non-hydrogen) atoms. The number of benzene rings is 2. The summed E-state index contributed by atoms with van der Waals surface area (Å²) in [5, 5.41) is 8.12. The molecule has 1 atom stereocenters. The summed E-state index contributed by atoms with van der Waals surface area (Å²) in [7, 11) is 0. The van der Waals surface area contributed by atoms with Crippen LogP contribution in [-0.4, -0.2) is 35.8 Å². The van der Waals surface area contributed by atoms with Crippen LogP contribution in [0.2, 0.25) is 0 Å². The molecule has 1 aliphatic heterocycles. The Kier molecular flexibility index (Phi) is 5.57. The lowest BCUT2D eigenvalue weighted by molar-refractivity contribution is -0.117. The topological polar surface area (TPSA) is 61.4 Å². The zero-order valence-corrected chi connectivity index (χ0v) is 18.0. The number of thiophene rings is 1. The van der Waals surface area contributed by atoms with Crippen LogP contribution in [-0.2, 0) is 11.2 Å². The summed E-state index contributed by atoms with van der Waals surface area (Å²) in [4.78, 5) is 29.2. The van der Waals surface area contributed by atoms with Gasteiger partial charge in [0.2, 0.25) is 5.91 Å². The van der Waals surface area contributed by atoms with Crippen molar-refractivity contribution in [2.24, 2.45) is 0 Å². The first-order chi connectivity index (χ1) is 15.2. The molecule has 3 aromatic rings. The molecule has 2 N–H and O–H groups in total. The van der Waals surface area contributed by atoms with Gasteiger partial charge in [0.15, 0.2) is 0 Å². The number of rotatable bonds is 6. The highest BCUT2D eigenvalue weighted by atomic mass is 32.1. The average molecular weight is 432 g/mol. The molecule has 1 aliphatic carbocycles. The predicted octanol–water partition coefficient (Wildman–Crippen LogP) is 4.23. The van der Waals surface area contributed by atoms with Gasteiger partial charge in [0.05, 0.1) is 23.8 Å². The molecule has 5 rings (SSSR count). The number of amides is 2. The van der Waals surface area contributed by atoms with Gasteiger partial charge in [-0.3, -0.25) is 14.5 Å². The molecule has 2 heterocycles. The van der Waals surface area contributed by atoms with Crippen LogP contribution < -0.4 is 10.6 Å². The van der Waals surface area contributed by atoms with E-state index in [1.54, 1.807) is 23.5 Å². The zero-order chi connectivity index (χ0) is 21.2. The van der Waals surface area contributed by atoms with Crippen molar-refractivity contribution in [3.8, 4) is 0 Å². The fraction of sp³-hybridized carbons (Fsp3) is 0.280. The highest BCUT2D eigenvalue weighted by molar-refractivity contribution is 7.10. The molecule has 1 unspecified atom stereocenters. The summed E-state index contributed by atoms with van der Waals surface area (Å²) in [6.07, 6.45) is 3.01. The number of carbonyl (C=O) groups is 2. The predicted molar refractivity (Wildman–Crippen MR) is 123 cm³/mol. The number of nitrogens with zero attached hydrogens (tertiary/aromatic N) is 1. The molecular weight excluding hydrogens is 406 g/mol. The van der Waals surface area contributed by atoms with Crippen molar-refractivity contribution in [2.75, 3.05) is 18.4 Å². The Labute approximate surface area is 186 Å². The maximum atomic E-state index is 13.0. The molecular formula is C25H25N3O2S. The van der Waals surface area contributed by atoms with Crippen LogP contribution in [0, 0.1) is 0 Å². The van der Waals surface area contributed by atoms with Gasteiger partial charge in [-0.1, -0.05) is 42.5 Å². The van der Waals surface area contributed by atoms with Crippen LogP contribution in [0.5, 0.6) is 0 Å². The number of hydrogen-bond donors (Lipinski definition) is 2. The third-order valence-corrected chi connectivity index (χ3v) is 6.88. The Morgan fingerprint density at radius 1 is 1.00 bits per heavy atom. The highest BCUT2D eigenvalue weighted by Crippen LogP contribution is 2.37. The SMILES string of the molecule is O=C(CN1CCc2sccc2C1c1ccccc1)Nc1ccccc1C(=O)NC1CC1. The lowest BCUT2D eigenvalue weighted by atomic mass is 9.93. The van der Waals surface area contributed by atoms with Crippen LogP contribution >= 0.6 is 11.3 Å². The number of anilines is 1. The number of carbonyl (C=O) groups excluding carboxylic acids is 2. The Morgan fingerprint density at radius 3 is 2.58 bits per heavy atom. The van der Waals surface area contributed by atoms with Gasteiger partial charge >= 0.3 is 0 Å². The van der Waals surface area contributed by atoms with E-state index in [0.717, 1.165) is 25.8 Å². The standard InChI is InChI=1S/C25H25N3O2S/c29-23(27-21-9-5-4-8-19(21)25(30)26-18-10-11-18)16-28-14-12-22-20(13-15-31-22)24(28)17-6-2-1-3-7-17/h1-9,13,15,18,24H,10-12,14,16H2,(H,26,30)(H,27,29). The minimum atomic E-state index is -0.124. The quantitative estimate of drug-likeness (QED) is 0.614. The third-order valence-electron chi connectivity index (χ3n) is 5.89. The van der Waals surface area contributed by atoms with E-state index in [-0.39, 0.29) is 30.4 Å². The van der Waals surface area contributed by atoms with E-state index in [1.165, 1.54) is 16.0 Å². The molecule has 5 nitrogen and oxygen atoms in total. The summed E-state index contributed by atoms with van der Waals surface area (Å²) in [6.45, 7) is 1.09. The summed E-state index contributed by atoms with van der Waals surface area (Å²) in [6, 6.07) is 20.1. The van der Waals surface area contributed by atoms with Crippen molar-refractivity contribution < 1.29 is 9.59 Å². The van der Waals surface area contributed by atoms with Gasteiger partial charge in [0, 0.05) is 17.5 Å². The fourth-order valence-electron chi connectivity index (χ4n) is 4.22. The maximum absolute atomic E-state index is 13.0. The normalized spacial score (nSPS) is 18.3. The average Bonchev–Trinajstić information content (AvgIpc) is 3.47. The summed E-state index contributed by atoms with van der Waals surface area (Å²) < 4.78 is 0. The molecule has 2 amide bonds. The van der Waals surface area contributed by atoms with E-state index in [2.05, 4.69) is 39.1 Å². The number of para-hydroxylation sites is 1. The summed E-state index contributed by atoms with van der Waals surface area (Å²) in [5.74, 6) is -0.229. The van der Waals surface area contributed by atoms with Crippen molar-refractivity contribution in [2.45, 2.75) is 31.3 Å². The zero-order valence-electron chi connectivity index (χ0n) is 17.2. The molecule has 1 aromatic heterocycles. The maximum Gasteiger partial charge on any atom is 0.253 e. The van der Waals surface area contributed by atoms with E-state index in [0.29, 0.717) is 11.3 Å². The van der Waals surface area contributed by atoms with Gasteiger partial charge < -0.3 is 10.6 Å². The van der Waals surface area contributed by atoms with Crippen molar-refractivity contribution in [3.63, 3.8) is 0 Å². The van der Waals surface area contributed by atoms with Gasteiger partial charge in [-0.05, 0) is 54.0 Å². The van der Waals surface area contributed by atoms with Gasteiger partial charge in [-0.15, -0.1) is 11.3 Å². The Morgan fingerprint density at radius 2 is 1.77 bits per heavy atom. The first kappa shape index (κ1) is 20.0. The second-order valence-corrected chi connectivity index (χ2v) is 9.17. The smallest absolute Gasteiger partial charge is 0.253 e. The van der Waals surface area contributed by atoms with Crippen molar-refractivity contribution in [1.29, 1.82) is 0 Å². The van der Waals surface area contributed by atoms with Gasteiger partial charge in [-0.2, -0.15) is 0 Å². The number of hydrogen-bond acceptors (Lipinski definition) is 4. The van der Waals surface area contributed by atoms with Crippen LogP contribution in [0.1, 0.15) is 45.2 Å². The molecule has 2 aromatic carbocycles. The van der Waals surface area contributed by atoms with E-state index in [4.69, 9.17) is 0 Å². The van der Waals surface area contributed by atoms with Crippen LogP contribution in [0.25, 0.3) is 0 Å². The number of fused-ring (bicyclic) bond motifs is 1. The Hall–Kier alpha value is -2.96. The van der Waals surface area contributed by atoms with E-state index >= 15 is 0 Å². The Bertz CT molecular complexity index is 1090. The first-order valence-electron chi connectivity index (χ1n) is 10.7. The number of nitrogens with one attached hydrogen (secondary N) is 2. The highest BCUT2D eigenvalue weighted by Gasteiger charge is 2.31. The van der Waals surface area contributed by atoms with Crippen molar-refractivity contribution >= 4 is 28.8 Å². The second-order valence-electron chi connectivity index (χ2n) is 8.17. The molecule has 2 aliphatic rings. The minimum absolute atomic E-state index is 0.0651. The largest absolute Gasteiger partial charge is 0.349 e. The molecule has 6 heteroatoms.